The summed E-state index contributed by atoms with van der Waals surface area (Å²) >= 11 is 6.16. The Morgan fingerprint density at radius 2 is 1.71 bits per heavy atom. The molecule has 0 atom stereocenters. The molecule has 0 aliphatic heterocycles. The van der Waals surface area contributed by atoms with Crippen LogP contribution in [0, 0.1) is 5.82 Å². The second-order valence-corrected chi connectivity index (χ2v) is 6.80. The van der Waals surface area contributed by atoms with Gasteiger partial charge in [-0.1, -0.05) is 6.07 Å². The SMILES string of the molecule is COc1ccc(NC(=O)CSCC(=O)NNC(=S)Nc2cccc(F)c2)cc1. The van der Waals surface area contributed by atoms with Gasteiger partial charge in [0.1, 0.15) is 11.6 Å². The first-order chi connectivity index (χ1) is 13.5. The highest BCUT2D eigenvalue weighted by Crippen LogP contribution is 2.15. The number of benzene rings is 2. The topological polar surface area (TPSA) is 91.5 Å². The number of carbonyl (C=O) groups excluding carboxylic acids is 2. The molecular weight excluding hydrogens is 403 g/mol. The van der Waals surface area contributed by atoms with Crippen molar-refractivity contribution in [3.63, 3.8) is 0 Å². The smallest absolute Gasteiger partial charge is 0.248 e. The molecule has 0 radical (unpaired) electrons. The minimum absolute atomic E-state index is 0.0611. The Bertz CT molecular complexity index is 834. The van der Waals surface area contributed by atoms with Gasteiger partial charge in [-0.25, -0.2) is 4.39 Å². The van der Waals surface area contributed by atoms with E-state index in [1.807, 2.05) is 0 Å². The van der Waals surface area contributed by atoms with Gasteiger partial charge in [-0.2, -0.15) is 0 Å². The van der Waals surface area contributed by atoms with Crippen LogP contribution in [0.25, 0.3) is 0 Å². The number of hydrogen-bond donors (Lipinski definition) is 4. The van der Waals surface area contributed by atoms with E-state index >= 15 is 0 Å². The molecule has 148 valence electrons. The maximum absolute atomic E-state index is 13.1. The van der Waals surface area contributed by atoms with E-state index in [1.54, 1.807) is 37.4 Å². The van der Waals surface area contributed by atoms with Crippen molar-refractivity contribution in [1.82, 2.24) is 10.9 Å². The van der Waals surface area contributed by atoms with E-state index in [4.69, 9.17) is 17.0 Å². The predicted octanol–water partition coefficient (Wildman–Crippen LogP) is 2.52. The second kappa shape index (κ2) is 11.1. The number of thiocarbonyl (C=S) groups is 1. The van der Waals surface area contributed by atoms with Crippen LogP contribution in [-0.4, -0.2) is 35.5 Å². The quantitative estimate of drug-likeness (QED) is 0.403. The molecule has 0 aromatic heterocycles. The summed E-state index contributed by atoms with van der Waals surface area (Å²) in [5, 5.41) is 5.57. The summed E-state index contributed by atoms with van der Waals surface area (Å²) in [7, 11) is 1.56. The van der Waals surface area contributed by atoms with Crippen LogP contribution < -0.4 is 26.2 Å². The average Bonchev–Trinajstić information content (AvgIpc) is 2.67. The van der Waals surface area contributed by atoms with Crippen molar-refractivity contribution < 1.29 is 18.7 Å². The van der Waals surface area contributed by atoms with Crippen molar-refractivity contribution in [2.24, 2.45) is 0 Å². The fraction of sp³-hybridized carbons (Fsp3) is 0.167. The number of rotatable bonds is 7. The van der Waals surface area contributed by atoms with Gasteiger partial charge < -0.3 is 15.4 Å². The summed E-state index contributed by atoms with van der Waals surface area (Å²) in [6.45, 7) is 0. The van der Waals surface area contributed by atoms with Gasteiger partial charge in [0.15, 0.2) is 5.11 Å². The second-order valence-electron chi connectivity index (χ2n) is 5.41. The number of carbonyl (C=O) groups is 2. The molecule has 0 unspecified atom stereocenters. The maximum Gasteiger partial charge on any atom is 0.248 e. The lowest BCUT2D eigenvalue weighted by Gasteiger charge is -2.11. The molecule has 0 fully saturated rings. The van der Waals surface area contributed by atoms with Crippen LogP contribution in [0.4, 0.5) is 15.8 Å². The number of halogens is 1. The number of thioether (sulfide) groups is 1. The van der Waals surface area contributed by atoms with Gasteiger partial charge in [-0.05, 0) is 54.7 Å². The molecule has 2 amide bonds. The van der Waals surface area contributed by atoms with Crippen LogP contribution in [0.2, 0.25) is 0 Å². The van der Waals surface area contributed by atoms with Gasteiger partial charge in [0, 0.05) is 11.4 Å². The molecule has 2 aromatic carbocycles. The molecule has 28 heavy (non-hydrogen) atoms. The molecule has 4 N–H and O–H groups in total. The van der Waals surface area contributed by atoms with Gasteiger partial charge in [-0.3, -0.25) is 20.4 Å². The Labute approximate surface area is 171 Å². The Kier molecular flexibility index (Phi) is 8.50. The van der Waals surface area contributed by atoms with Crippen molar-refractivity contribution in [3.05, 3.63) is 54.3 Å². The third kappa shape index (κ3) is 7.80. The lowest BCUT2D eigenvalue weighted by molar-refractivity contribution is -0.119. The van der Waals surface area contributed by atoms with Crippen molar-refractivity contribution in [1.29, 1.82) is 0 Å². The van der Waals surface area contributed by atoms with Crippen LogP contribution in [0.15, 0.2) is 48.5 Å². The van der Waals surface area contributed by atoms with Gasteiger partial charge in [0.25, 0.3) is 0 Å². The summed E-state index contributed by atoms with van der Waals surface area (Å²) in [6, 6.07) is 12.7. The van der Waals surface area contributed by atoms with E-state index in [1.165, 1.54) is 18.2 Å². The molecular formula is C18H19FN4O3S2. The first-order valence-corrected chi connectivity index (χ1v) is 9.65. The largest absolute Gasteiger partial charge is 0.497 e. The van der Waals surface area contributed by atoms with Gasteiger partial charge >= 0.3 is 0 Å². The normalized spacial score (nSPS) is 9.93. The molecule has 0 saturated heterocycles. The van der Waals surface area contributed by atoms with Crippen LogP contribution in [-0.2, 0) is 9.59 Å². The first kappa shape index (κ1) is 21.5. The minimum atomic E-state index is -0.402. The molecule has 2 rings (SSSR count). The fourth-order valence-corrected chi connectivity index (χ4v) is 2.79. The summed E-state index contributed by atoms with van der Waals surface area (Å²) in [5.74, 6) is -0.107. The van der Waals surface area contributed by atoms with Crippen molar-refractivity contribution in [2.75, 3.05) is 29.2 Å². The maximum atomic E-state index is 13.1. The van der Waals surface area contributed by atoms with E-state index in [0.29, 0.717) is 17.1 Å². The van der Waals surface area contributed by atoms with Gasteiger partial charge in [-0.15, -0.1) is 11.8 Å². The van der Waals surface area contributed by atoms with E-state index in [-0.39, 0.29) is 28.4 Å². The molecule has 0 spiro atoms. The van der Waals surface area contributed by atoms with Gasteiger partial charge in [0.2, 0.25) is 11.8 Å². The zero-order valence-electron chi connectivity index (χ0n) is 15.0. The van der Waals surface area contributed by atoms with E-state index < -0.39 is 5.82 Å². The number of nitrogens with one attached hydrogen (secondary N) is 4. The monoisotopic (exact) mass is 422 g/mol. The summed E-state index contributed by atoms with van der Waals surface area (Å²) < 4.78 is 18.1. The van der Waals surface area contributed by atoms with E-state index in [0.717, 1.165) is 11.8 Å². The molecule has 7 nitrogen and oxygen atoms in total. The lowest BCUT2D eigenvalue weighted by atomic mass is 10.3. The Balaban J connectivity index is 1.62. The lowest BCUT2D eigenvalue weighted by Crippen LogP contribution is -2.44. The zero-order chi connectivity index (χ0) is 20.4. The van der Waals surface area contributed by atoms with E-state index in [9.17, 15) is 14.0 Å². The van der Waals surface area contributed by atoms with Crippen molar-refractivity contribution in [3.8, 4) is 5.75 Å². The molecule has 0 heterocycles. The van der Waals surface area contributed by atoms with Crippen LogP contribution in [0.3, 0.4) is 0 Å². The average molecular weight is 423 g/mol. The third-order valence-corrected chi connectivity index (χ3v) is 4.37. The molecule has 0 aliphatic rings. The predicted molar refractivity (Wildman–Crippen MR) is 113 cm³/mol. The van der Waals surface area contributed by atoms with E-state index in [2.05, 4.69) is 21.5 Å². The number of ether oxygens (including phenoxy) is 1. The highest BCUT2D eigenvalue weighted by Gasteiger charge is 2.07. The molecule has 2 aromatic rings. The summed E-state index contributed by atoms with van der Waals surface area (Å²) in [5.41, 5.74) is 6.01. The highest BCUT2D eigenvalue weighted by atomic mass is 32.2. The number of hydrogen-bond acceptors (Lipinski definition) is 5. The Morgan fingerprint density at radius 3 is 2.39 bits per heavy atom. The van der Waals surface area contributed by atoms with Gasteiger partial charge in [0.05, 0.1) is 18.6 Å². The molecule has 0 bridgehead atoms. The standard InChI is InChI=1S/C18H19FN4O3S2/c1-26-15-7-5-13(6-8-15)20-16(24)10-28-11-17(25)22-23-18(27)21-14-4-2-3-12(19)9-14/h2-9H,10-11H2,1H3,(H,20,24)(H,22,25)(H2,21,23,27). The van der Waals surface area contributed by atoms with Crippen molar-refractivity contribution in [2.45, 2.75) is 0 Å². The molecule has 0 aliphatic carbocycles. The highest BCUT2D eigenvalue weighted by molar-refractivity contribution is 8.00. The molecule has 0 saturated carbocycles. The van der Waals surface area contributed by atoms with Crippen LogP contribution in [0.5, 0.6) is 5.75 Å². The number of anilines is 2. The van der Waals surface area contributed by atoms with Crippen molar-refractivity contribution >= 4 is 52.3 Å². The summed E-state index contributed by atoms with van der Waals surface area (Å²) in [6.07, 6.45) is 0. The summed E-state index contributed by atoms with van der Waals surface area (Å²) in [4.78, 5) is 23.7. The first-order valence-electron chi connectivity index (χ1n) is 8.09. The number of hydrazine groups is 1. The van der Waals surface area contributed by atoms with Crippen LogP contribution >= 0.6 is 24.0 Å². The zero-order valence-corrected chi connectivity index (χ0v) is 16.6. The fourth-order valence-electron chi connectivity index (χ4n) is 2.00. The number of methoxy groups -OCH3 is 1. The Morgan fingerprint density at radius 1 is 1.00 bits per heavy atom. The third-order valence-electron chi connectivity index (χ3n) is 3.24. The minimum Gasteiger partial charge on any atom is -0.497 e. The van der Waals surface area contributed by atoms with Crippen LogP contribution in [0.1, 0.15) is 0 Å². The molecule has 10 heteroatoms. The Hall–Kier alpha value is -2.85. The number of amides is 2.